The molecule has 0 radical (unpaired) electrons. The molecule has 0 saturated heterocycles. The van der Waals surface area contributed by atoms with Crippen molar-refractivity contribution in [3.05, 3.63) is 73.2 Å². The zero-order chi connectivity index (χ0) is 18.6. The molecular weight excluding hydrogens is 419 g/mol. The average molecular weight is 430 g/mol. The van der Waals surface area contributed by atoms with E-state index in [0.717, 1.165) is 0 Å². The van der Waals surface area contributed by atoms with Crippen molar-refractivity contribution in [3.8, 4) is 0 Å². The van der Waals surface area contributed by atoms with Crippen molar-refractivity contribution in [2.24, 2.45) is 0 Å². The van der Waals surface area contributed by atoms with Gasteiger partial charge in [0.15, 0.2) is 0 Å². The molecule has 9 heteroatoms. The molecule has 6 nitrogen and oxygen atoms in total. The highest BCUT2D eigenvalue weighted by Crippen LogP contribution is 2.28. The minimum absolute atomic E-state index is 0.0426. The topological polar surface area (TPSA) is 89.3 Å². The zero-order valence-electron chi connectivity index (χ0n) is 12.5. The Morgan fingerprint density at radius 2 is 1.96 bits per heavy atom. The van der Waals surface area contributed by atoms with E-state index in [0.29, 0.717) is 4.47 Å². The summed E-state index contributed by atoms with van der Waals surface area (Å²) in [6.45, 7) is -0.889. The van der Waals surface area contributed by atoms with E-state index in [2.05, 4.69) is 21.2 Å². The van der Waals surface area contributed by atoms with Crippen LogP contribution in [0.25, 0.3) is 0 Å². The van der Waals surface area contributed by atoms with Crippen LogP contribution in [0.4, 0.5) is 10.1 Å². The fourth-order valence-electron chi connectivity index (χ4n) is 2.05. The van der Waals surface area contributed by atoms with Crippen molar-refractivity contribution < 1.29 is 18.9 Å². The first-order valence-corrected chi connectivity index (χ1v) is 8.10. The Morgan fingerprint density at radius 1 is 1.28 bits per heavy atom. The first-order chi connectivity index (χ1) is 11.8. The first kappa shape index (κ1) is 19.0. The molecule has 25 heavy (non-hydrogen) atoms. The number of nitrogens with zero attached hydrogens (tertiary/aromatic N) is 1. The Hall–Kier alpha value is -2.32. The van der Waals surface area contributed by atoms with Gasteiger partial charge < -0.3 is 5.32 Å². The fourth-order valence-corrected chi connectivity index (χ4v) is 2.82. The predicted octanol–water partition coefficient (Wildman–Crippen LogP) is 4.21. The molecule has 0 aliphatic rings. The molecular formula is C16H11BrClFN2O4. The van der Waals surface area contributed by atoms with Crippen LogP contribution in [0.15, 0.2) is 46.9 Å². The normalized spacial score (nSPS) is 11.6. The van der Waals surface area contributed by atoms with Crippen LogP contribution in [0.2, 0.25) is 5.02 Å². The van der Waals surface area contributed by atoms with Crippen LogP contribution in [-0.4, -0.2) is 23.2 Å². The van der Waals surface area contributed by atoms with Gasteiger partial charge in [0.2, 0.25) is 12.0 Å². The molecule has 0 aromatic heterocycles. The lowest BCUT2D eigenvalue weighted by molar-refractivity contribution is -0.465. The van der Waals surface area contributed by atoms with Gasteiger partial charge >= 0.3 is 0 Å². The van der Waals surface area contributed by atoms with Crippen LogP contribution < -0.4 is 5.32 Å². The second-order valence-electron chi connectivity index (χ2n) is 4.98. The van der Waals surface area contributed by atoms with Crippen LogP contribution in [0.3, 0.4) is 0 Å². The number of carbonyl (C=O) groups excluding carboxylic acids is 2. The van der Waals surface area contributed by atoms with E-state index in [9.17, 15) is 24.1 Å². The molecule has 130 valence electrons. The molecule has 0 aliphatic heterocycles. The molecule has 1 unspecified atom stereocenters. The van der Waals surface area contributed by atoms with Crippen molar-refractivity contribution >= 4 is 44.9 Å². The lowest BCUT2D eigenvalue weighted by atomic mass is 10.1. The van der Waals surface area contributed by atoms with Gasteiger partial charge in [-0.05, 0) is 24.3 Å². The van der Waals surface area contributed by atoms with Crippen LogP contribution >= 0.6 is 27.5 Å². The minimum atomic E-state index is -1.91. The molecule has 0 spiro atoms. The minimum Gasteiger partial charge on any atom is -0.323 e. The van der Waals surface area contributed by atoms with Crippen molar-refractivity contribution in [1.82, 2.24) is 0 Å². The zero-order valence-corrected chi connectivity index (χ0v) is 14.9. The number of carbonyl (C=O) groups is 2. The molecule has 0 aliphatic carbocycles. The van der Waals surface area contributed by atoms with Gasteiger partial charge in [-0.2, -0.15) is 0 Å². The third-order valence-electron chi connectivity index (χ3n) is 3.22. The third kappa shape index (κ3) is 4.83. The lowest BCUT2D eigenvalue weighted by Crippen LogP contribution is -2.19. The molecule has 2 aromatic rings. The van der Waals surface area contributed by atoms with Gasteiger partial charge in [-0.15, -0.1) is 0 Å². The number of alkyl halides is 1. The summed E-state index contributed by atoms with van der Waals surface area (Å²) in [7, 11) is 0. The van der Waals surface area contributed by atoms with E-state index in [1.54, 1.807) is 18.2 Å². The number of anilines is 1. The second kappa shape index (κ2) is 8.17. The number of amides is 1. The van der Waals surface area contributed by atoms with E-state index < -0.39 is 29.3 Å². The third-order valence-corrected chi connectivity index (χ3v) is 4.25. The van der Waals surface area contributed by atoms with Gasteiger partial charge in [0.1, 0.15) is 0 Å². The van der Waals surface area contributed by atoms with Crippen molar-refractivity contribution in [3.63, 3.8) is 0 Å². The average Bonchev–Trinajstić information content (AvgIpc) is 2.54. The van der Waals surface area contributed by atoms with E-state index in [-0.39, 0.29) is 21.8 Å². The van der Waals surface area contributed by atoms with Gasteiger partial charge in [-0.25, -0.2) is 4.39 Å². The summed E-state index contributed by atoms with van der Waals surface area (Å²) in [4.78, 5) is 33.3. The largest absolute Gasteiger partial charge is 0.323 e. The quantitative estimate of drug-likeness (QED) is 0.423. The number of halogens is 3. The predicted molar refractivity (Wildman–Crippen MR) is 94.3 cm³/mol. The van der Waals surface area contributed by atoms with E-state index >= 15 is 0 Å². The Morgan fingerprint density at radius 3 is 2.56 bits per heavy atom. The van der Waals surface area contributed by atoms with Crippen LogP contribution in [0, 0.1) is 10.1 Å². The second-order valence-corrected chi connectivity index (χ2v) is 6.24. The number of nitro groups is 1. The van der Waals surface area contributed by atoms with Crippen molar-refractivity contribution in [2.45, 2.75) is 6.17 Å². The van der Waals surface area contributed by atoms with E-state index in [4.69, 9.17) is 11.6 Å². The molecule has 1 amide bonds. The summed E-state index contributed by atoms with van der Waals surface area (Å²) in [5.74, 6) is -1.67. The Kier molecular flexibility index (Phi) is 6.22. The number of benzene rings is 2. The van der Waals surface area contributed by atoms with Gasteiger partial charge in [0.05, 0.1) is 5.02 Å². The van der Waals surface area contributed by atoms with Gasteiger partial charge in [-0.3, -0.25) is 19.7 Å². The van der Waals surface area contributed by atoms with Crippen LogP contribution in [0.1, 0.15) is 22.1 Å². The number of ketones is 1. The number of hydrogen-bond acceptors (Lipinski definition) is 4. The van der Waals surface area contributed by atoms with Gasteiger partial charge in [0.25, 0.3) is 12.5 Å². The van der Waals surface area contributed by atoms with E-state index in [1.165, 1.54) is 24.3 Å². The summed E-state index contributed by atoms with van der Waals surface area (Å²) < 4.78 is 14.8. The standard InChI is InChI=1S/C16H11BrClFN2O4/c17-12-4-2-1-3-10(12)15(19)16(23)20-9-5-6-11(13(18)7-9)14(22)8-21(24)25/h1-7,15H,8H2,(H,20,23). The Labute approximate surface area is 155 Å². The summed E-state index contributed by atoms with van der Waals surface area (Å²) in [5, 5.41) is 12.7. The van der Waals surface area contributed by atoms with Crippen LogP contribution in [-0.2, 0) is 4.79 Å². The first-order valence-electron chi connectivity index (χ1n) is 6.93. The maximum atomic E-state index is 14.3. The number of rotatable bonds is 6. The van der Waals surface area contributed by atoms with Gasteiger partial charge in [0, 0.05) is 26.2 Å². The highest BCUT2D eigenvalue weighted by Gasteiger charge is 2.22. The number of nitrogens with one attached hydrogen (secondary N) is 1. The Bertz CT molecular complexity index is 847. The summed E-state index contributed by atoms with van der Waals surface area (Å²) in [6.07, 6.45) is -1.91. The van der Waals surface area contributed by atoms with E-state index in [1.807, 2.05) is 0 Å². The molecule has 0 saturated carbocycles. The van der Waals surface area contributed by atoms with Gasteiger partial charge in [-0.1, -0.05) is 45.7 Å². The molecule has 2 rings (SSSR count). The number of Topliss-reactive ketones (excluding diaryl/α,β-unsaturated/α-hetero) is 1. The lowest BCUT2D eigenvalue weighted by Gasteiger charge is -2.12. The summed E-state index contributed by atoms with van der Waals surface area (Å²) >= 11 is 9.09. The molecule has 1 N–H and O–H groups in total. The molecule has 0 fully saturated rings. The summed E-state index contributed by atoms with van der Waals surface area (Å²) in [6, 6.07) is 10.2. The maximum absolute atomic E-state index is 14.3. The molecule has 0 bridgehead atoms. The maximum Gasteiger partial charge on any atom is 0.265 e. The number of hydrogen-bond donors (Lipinski definition) is 1. The highest BCUT2D eigenvalue weighted by atomic mass is 79.9. The SMILES string of the molecule is O=C(C[N+](=O)[O-])c1ccc(NC(=O)C(F)c2ccccc2Br)cc1Cl. The molecule has 2 aromatic carbocycles. The smallest absolute Gasteiger partial charge is 0.265 e. The molecule has 0 heterocycles. The highest BCUT2D eigenvalue weighted by molar-refractivity contribution is 9.10. The summed E-state index contributed by atoms with van der Waals surface area (Å²) in [5.41, 5.74) is 0.296. The molecule has 1 atom stereocenters. The van der Waals surface area contributed by atoms with Crippen LogP contribution in [0.5, 0.6) is 0 Å². The van der Waals surface area contributed by atoms with Crippen molar-refractivity contribution in [1.29, 1.82) is 0 Å². The Balaban J connectivity index is 2.14. The fraction of sp³-hybridized carbons (Fsp3) is 0.125. The monoisotopic (exact) mass is 428 g/mol. The van der Waals surface area contributed by atoms with Crippen molar-refractivity contribution in [2.75, 3.05) is 11.9 Å².